The molecule has 3 aromatic rings. The highest BCUT2D eigenvalue weighted by molar-refractivity contribution is 7.22. The van der Waals surface area contributed by atoms with Crippen LogP contribution in [0.1, 0.15) is 5.56 Å². The molecule has 25 heavy (non-hydrogen) atoms. The second-order valence-electron chi connectivity index (χ2n) is 5.13. The number of methoxy groups -OCH3 is 2. The number of thiazole rings is 1. The first-order valence-corrected chi connectivity index (χ1v) is 8.22. The van der Waals surface area contributed by atoms with Crippen molar-refractivity contribution < 1.29 is 18.7 Å². The van der Waals surface area contributed by atoms with Crippen LogP contribution in [0.3, 0.4) is 0 Å². The number of rotatable bonds is 5. The van der Waals surface area contributed by atoms with Crippen molar-refractivity contribution in [2.45, 2.75) is 6.54 Å². The Balaban J connectivity index is 1.67. The molecule has 130 valence electrons. The van der Waals surface area contributed by atoms with Crippen LogP contribution in [0.4, 0.5) is 14.3 Å². The molecule has 2 N–H and O–H groups in total. The van der Waals surface area contributed by atoms with E-state index in [9.17, 15) is 9.18 Å². The van der Waals surface area contributed by atoms with Gasteiger partial charge < -0.3 is 14.8 Å². The molecule has 1 heterocycles. The molecule has 0 saturated carbocycles. The van der Waals surface area contributed by atoms with E-state index in [1.165, 1.54) is 23.5 Å². The van der Waals surface area contributed by atoms with Crippen molar-refractivity contribution in [3.05, 3.63) is 47.8 Å². The third-order valence-corrected chi connectivity index (χ3v) is 4.41. The zero-order valence-corrected chi connectivity index (χ0v) is 14.4. The van der Waals surface area contributed by atoms with Gasteiger partial charge in [0.1, 0.15) is 5.82 Å². The molecular formula is C17H16FN3O3S. The standard InChI is InChI=1S/C17H16FN3O3S/c1-23-13-7-12-15(8-14(13)24-2)25-17(20-12)21-16(22)19-9-10-3-5-11(18)6-4-10/h3-8H,9H2,1-2H3,(H2,19,20,21,22). The van der Waals surface area contributed by atoms with Gasteiger partial charge >= 0.3 is 6.03 Å². The summed E-state index contributed by atoms with van der Waals surface area (Å²) in [6.45, 7) is 0.290. The van der Waals surface area contributed by atoms with Crippen LogP contribution < -0.4 is 20.1 Å². The number of hydrogen-bond donors (Lipinski definition) is 2. The third-order valence-electron chi connectivity index (χ3n) is 3.48. The Morgan fingerprint density at radius 2 is 1.84 bits per heavy atom. The largest absolute Gasteiger partial charge is 0.493 e. The fourth-order valence-corrected chi connectivity index (χ4v) is 3.11. The number of benzene rings is 2. The summed E-state index contributed by atoms with van der Waals surface area (Å²) < 4.78 is 24.2. The van der Waals surface area contributed by atoms with E-state index in [1.54, 1.807) is 32.4 Å². The molecule has 2 aromatic carbocycles. The first kappa shape index (κ1) is 17.0. The highest BCUT2D eigenvalue weighted by Gasteiger charge is 2.12. The van der Waals surface area contributed by atoms with Crippen molar-refractivity contribution in [1.29, 1.82) is 0 Å². The predicted octanol–water partition coefficient (Wildman–Crippen LogP) is 3.77. The van der Waals surface area contributed by atoms with Crippen LogP contribution in [-0.4, -0.2) is 25.2 Å². The average Bonchev–Trinajstić information content (AvgIpc) is 3.00. The summed E-state index contributed by atoms with van der Waals surface area (Å²) in [4.78, 5) is 16.4. The predicted molar refractivity (Wildman–Crippen MR) is 95.0 cm³/mol. The van der Waals surface area contributed by atoms with Gasteiger partial charge in [-0.15, -0.1) is 0 Å². The molecule has 0 spiro atoms. The third kappa shape index (κ3) is 3.97. The summed E-state index contributed by atoms with van der Waals surface area (Å²) in [6.07, 6.45) is 0. The highest BCUT2D eigenvalue weighted by atomic mass is 32.1. The number of carbonyl (C=O) groups is 1. The highest BCUT2D eigenvalue weighted by Crippen LogP contribution is 2.36. The number of aromatic nitrogens is 1. The van der Waals surface area contributed by atoms with Gasteiger partial charge in [0.25, 0.3) is 0 Å². The summed E-state index contributed by atoms with van der Waals surface area (Å²) in [5.41, 5.74) is 1.51. The monoisotopic (exact) mass is 361 g/mol. The zero-order chi connectivity index (χ0) is 17.8. The minimum Gasteiger partial charge on any atom is -0.493 e. The Morgan fingerprint density at radius 1 is 1.16 bits per heavy atom. The fourth-order valence-electron chi connectivity index (χ4n) is 2.23. The van der Waals surface area contributed by atoms with Gasteiger partial charge in [0.05, 0.1) is 24.4 Å². The summed E-state index contributed by atoms with van der Waals surface area (Å²) in [7, 11) is 3.12. The molecular weight excluding hydrogens is 345 g/mol. The van der Waals surface area contributed by atoms with Gasteiger partial charge in [-0.05, 0) is 17.7 Å². The van der Waals surface area contributed by atoms with Gasteiger partial charge in [0.15, 0.2) is 16.6 Å². The number of ether oxygens (including phenoxy) is 2. The number of urea groups is 1. The minimum atomic E-state index is -0.387. The van der Waals surface area contributed by atoms with E-state index >= 15 is 0 Å². The number of carbonyl (C=O) groups excluding carboxylic acids is 1. The number of nitrogens with one attached hydrogen (secondary N) is 2. The first-order valence-electron chi connectivity index (χ1n) is 7.41. The topological polar surface area (TPSA) is 72.5 Å². The SMILES string of the molecule is COc1cc2nc(NC(=O)NCc3ccc(F)cc3)sc2cc1OC. The van der Waals surface area contributed by atoms with Crippen molar-refractivity contribution in [3.8, 4) is 11.5 Å². The smallest absolute Gasteiger partial charge is 0.321 e. The Bertz CT molecular complexity index is 855. The minimum absolute atomic E-state index is 0.290. The molecule has 0 atom stereocenters. The molecule has 0 unspecified atom stereocenters. The molecule has 8 heteroatoms. The van der Waals surface area contributed by atoms with Crippen LogP contribution in [-0.2, 0) is 6.54 Å². The van der Waals surface area contributed by atoms with Gasteiger partial charge in [-0.25, -0.2) is 14.2 Å². The maximum atomic E-state index is 12.9. The Hall–Kier alpha value is -2.87. The van der Waals surface area contributed by atoms with Crippen LogP contribution in [0, 0.1) is 5.82 Å². The van der Waals surface area contributed by atoms with Crippen LogP contribution in [0.2, 0.25) is 0 Å². The van der Waals surface area contributed by atoms with E-state index < -0.39 is 0 Å². The number of halogens is 1. The number of hydrogen-bond acceptors (Lipinski definition) is 5. The van der Waals surface area contributed by atoms with Gasteiger partial charge in [-0.3, -0.25) is 5.32 Å². The zero-order valence-electron chi connectivity index (χ0n) is 13.6. The molecule has 2 amide bonds. The molecule has 0 radical (unpaired) electrons. The lowest BCUT2D eigenvalue weighted by molar-refractivity contribution is 0.251. The van der Waals surface area contributed by atoms with Crippen molar-refractivity contribution in [3.63, 3.8) is 0 Å². The molecule has 6 nitrogen and oxygen atoms in total. The molecule has 3 rings (SSSR count). The second-order valence-corrected chi connectivity index (χ2v) is 6.16. The number of anilines is 1. The van der Waals surface area contributed by atoms with E-state index in [0.717, 1.165) is 10.3 Å². The molecule has 0 aliphatic heterocycles. The van der Waals surface area contributed by atoms with Gasteiger partial charge in [0.2, 0.25) is 0 Å². The normalized spacial score (nSPS) is 10.5. The van der Waals surface area contributed by atoms with Gasteiger partial charge in [0, 0.05) is 18.7 Å². The summed E-state index contributed by atoms with van der Waals surface area (Å²) in [5, 5.41) is 5.85. The molecule has 0 aliphatic rings. The Labute approximate surface area is 147 Å². The lowest BCUT2D eigenvalue weighted by Gasteiger charge is -2.05. The fraction of sp³-hybridized carbons (Fsp3) is 0.176. The van der Waals surface area contributed by atoms with Crippen molar-refractivity contribution in [2.24, 2.45) is 0 Å². The van der Waals surface area contributed by atoms with E-state index in [0.29, 0.717) is 28.7 Å². The van der Waals surface area contributed by atoms with Crippen LogP contribution in [0.25, 0.3) is 10.2 Å². The van der Waals surface area contributed by atoms with E-state index in [4.69, 9.17) is 9.47 Å². The molecule has 0 bridgehead atoms. The summed E-state index contributed by atoms with van der Waals surface area (Å²) in [6, 6.07) is 9.12. The Kier molecular flexibility index (Phi) is 4.99. The van der Waals surface area contributed by atoms with E-state index in [2.05, 4.69) is 15.6 Å². The van der Waals surface area contributed by atoms with Crippen molar-refractivity contribution in [2.75, 3.05) is 19.5 Å². The Morgan fingerprint density at radius 3 is 2.52 bits per heavy atom. The summed E-state index contributed by atoms with van der Waals surface area (Å²) in [5.74, 6) is 0.868. The van der Waals surface area contributed by atoms with Crippen LogP contribution in [0.5, 0.6) is 11.5 Å². The molecule has 0 fully saturated rings. The van der Waals surface area contributed by atoms with Crippen molar-refractivity contribution >= 4 is 32.7 Å². The molecule has 0 aliphatic carbocycles. The quantitative estimate of drug-likeness (QED) is 0.725. The molecule has 0 saturated heterocycles. The van der Waals surface area contributed by atoms with E-state index in [-0.39, 0.29) is 11.8 Å². The first-order chi connectivity index (χ1) is 12.1. The molecule has 1 aromatic heterocycles. The van der Waals surface area contributed by atoms with E-state index in [1.807, 2.05) is 6.07 Å². The van der Waals surface area contributed by atoms with Crippen molar-refractivity contribution in [1.82, 2.24) is 10.3 Å². The summed E-state index contributed by atoms with van der Waals surface area (Å²) >= 11 is 1.33. The number of amides is 2. The maximum Gasteiger partial charge on any atom is 0.321 e. The number of fused-ring (bicyclic) bond motifs is 1. The lowest BCUT2D eigenvalue weighted by Crippen LogP contribution is -2.28. The average molecular weight is 361 g/mol. The lowest BCUT2D eigenvalue weighted by atomic mass is 10.2. The van der Waals surface area contributed by atoms with Gasteiger partial charge in [-0.2, -0.15) is 0 Å². The second kappa shape index (κ2) is 7.35. The van der Waals surface area contributed by atoms with Gasteiger partial charge in [-0.1, -0.05) is 23.5 Å². The van der Waals surface area contributed by atoms with Crippen LogP contribution >= 0.6 is 11.3 Å². The number of nitrogens with zero attached hydrogens (tertiary/aromatic N) is 1. The van der Waals surface area contributed by atoms with Crippen LogP contribution in [0.15, 0.2) is 36.4 Å². The maximum absolute atomic E-state index is 12.9.